The molecule has 17 heavy (non-hydrogen) atoms. The highest BCUT2D eigenvalue weighted by Gasteiger charge is 2.12. The van der Waals surface area contributed by atoms with Gasteiger partial charge in [-0.1, -0.05) is 30.3 Å². The first-order valence-electron chi connectivity index (χ1n) is 5.54. The lowest BCUT2D eigenvalue weighted by Gasteiger charge is -2.13. The molecule has 0 saturated carbocycles. The van der Waals surface area contributed by atoms with Gasteiger partial charge in [-0.25, -0.2) is 4.79 Å². The summed E-state index contributed by atoms with van der Waals surface area (Å²) in [6.45, 7) is 1.78. The second kappa shape index (κ2) is 4.87. The van der Waals surface area contributed by atoms with E-state index < -0.39 is 0 Å². The standard InChI is InChI=1S/C14H15NO2/c1-10(14(16)17-2)15-13-8-7-11-5-3-4-6-12(11)9-13/h3-10,15H,1-2H3. The van der Waals surface area contributed by atoms with E-state index in [9.17, 15) is 4.79 Å². The highest BCUT2D eigenvalue weighted by molar-refractivity contribution is 5.86. The van der Waals surface area contributed by atoms with Gasteiger partial charge in [-0.05, 0) is 29.8 Å². The Morgan fingerprint density at radius 2 is 1.88 bits per heavy atom. The summed E-state index contributed by atoms with van der Waals surface area (Å²) in [5.41, 5.74) is 0.918. The monoisotopic (exact) mass is 229 g/mol. The molecule has 0 saturated heterocycles. The predicted octanol–water partition coefficient (Wildman–Crippen LogP) is 2.81. The predicted molar refractivity (Wildman–Crippen MR) is 69.0 cm³/mol. The summed E-state index contributed by atoms with van der Waals surface area (Å²) >= 11 is 0. The van der Waals surface area contributed by atoms with E-state index in [0.717, 1.165) is 11.1 Å². The van der Waals surface area contributed by atoms with Crippen LogP contribution in [0.5, 0.6) is 0 Å². The van der Waals surface area contributed by atoms with E-state index in [1.54, 1.807) is 6.92 Å². The number of methoxy groups -OCH3 is 1. The summed E-state index contributed by atoms with van der Waals surface area (Å²) in [6, 6.07) is 13.8. The maximum absolute atomic E-state index is 11.3. The van der Waals surface area contributed by atoms with Gasteiger partial charge in [0, 0.05) is 5.69 Å². The number of hydrogen-bond donors (Lipinski definition) is 1. The molecule has 1 unspecified atom stereocenters. The van der Waals surface area contributed by atoms with E-state index >= 15 is 0 Å². The van der Waals surface area contributed by atoms with Crippen LogP contribution in [0, 0.1) is 0 Å². The highest BCUT2D eigenvalue weighted by atomic mass is 16.5. The molecule has 0 radical (unpaired) electrons. The number of esters is 1. The number of hydrogen-bond acceptors (Lipinski definition) is 3. The molecule has 88 valence electrons. The third-order valence-electron chi connectivity index (χ3n) is 2.69. The van der Waals surface area contributed by atoms with Crippen molar-refractivity contribution in [3.05, 3.63) is 42.5 Å². The Balaban J connectivity index is 2.22. The summed E-state index contributed by atoms with van der Waals surface area (Å²) in [5.74, 6) is -0.266. The van der Waals surface area contributed by atoms with Crippen LogP contribution in [0.3, 0.4) is 0 Å². The lowest BCUT2D eigenvalue weighted by molar-refractivity contribution is -0.141. The van der Waals surface area contributed by atoms with Gasteiger partial charge < -0.3 is 10.1 Å². The zero-order valence-electron chi connectivity index (χ0n) is 9.94. The van der Waals surface area contributed by atoms with Gasteiger partial charge in [0.05, 0.1) is 7.11 Å². The Morgan fingerprint density at radius 1 is 1.18 bits per heavy atom. The fourth-order valence-electron chi connectivity index (χ4n) is 1.76. The number of anilines is 1. The van der Waals surface area contributed by atoms with Gasteiger partial charge in [-0.3, -0.25) is 0 Å². The fraction of sp³-hybridized carbons (Fsp3) is 0.214. The minimum absolute atomic E-state index is 0.266. The van der Waals surface area contributed by atoms with Gasteiger partial charge >= 0.3 is 5.97 Å². The lowest BCUT2D eigenvalue weighted by atomic mass is 10.1. The second-order valence-corrected chi connectivity index (χ2v) is 3.95. The van der Waals surface area contributed by atoms with Crippen LogP contribution < -0.4 is 5.32 Å². The lowest BCUT2D eigenvalue weighted by Crippen LogP contribution is -2.27. The molecule has 3 heteroatoms. The van der Waals surface area contributed by atoms with Crippen LogP contribution in [0.1, 0.15) is 6.92 Å². The number of fused-ring (bicyclic) bond motifs is 1. The SMILES string of the molecule is COC(=O)C(C)Nc1ccc2ccccc2c1. The molecule has 1 atom stereocenters. The molecule has 2 aromatic rings. The van der Waals surface area contributed by atoms with E-state index in [2.05, 4.69) is 16.1 Å². The van der Waals surface area contributed by atoms with E-state index in [1.165, 1.54) is 12.5 Å². The minimum Gasteiger partial charge on any atom is -0.467 e. The van der Waals surface area contributed by atoms with Crippen LogP contribution in [0.25, 0.3) is 10.8 Å². The average molecular weight is 229 g/mol. The molecule has 0 aliphatic carbocycles. The number of benzene rings is 2. The van der Waals surface area contributed by atoms with E-state index in [1.807, 2.05) is 36.4 Å². The van der Waals surface area contributed by atoms with Crippen LogP contribution in [0.2, 0.25) is 0 Å². The molecule has 2 rings (SSSR count). The van der Waals surface area contributed by atoms with Crippen molar-refractivity contribution in [2.45, 2.75) is 13.0 Å². The topological polar surface area (TPSA) is 38.3 Å². The van der Waals surface area contributed by atoms with Crippen LogP contribution >= 0.6 is 0 Å². The molecule has 0 aliphatic rings. The normalized spacial score (nSPS) is 12.1. The average Bonchev–Trinajstić information content (AvgIpc) is 2.37. The van der Waals surface area contributed by atoms with E-state index in [4.69, 9.17) is 0 Å². The number of carbonyl (C=O) groups is 1. The molecule has 0 heterocycles. The van der Waals surface area contributed by atoms with Gasteiger partial charge in [0.15, 0.2) is 0 Å². The molecule has 0 aliphatic heterocycles. The molecular formula is C14H15NO2. The Morgan fingerprint density at radius 3 is 2.59 bits per heavy atom. The Hall–Kier alpha value is -2.03. The minimum atomic E-state index is -0.346. The van der Waals surface area contributed by atoms with Gasteiger partial charge in [0.25, 0.3) is 0 Å². The molecule has 2 aromatic carbocycles. The van der Waals surface area contributed by atoms with Crippen LogP contribution in [-0.2, 0) is 9.53 Å². The van der Waals surface area contributed by atoms with Gasteiger partial charge in [0.2, 0.25) is 0 Å². The van der Waals surface area contributed by atoms with Crippen LogP contribution in [0.4, 0.5) is 5.69 Å². The smallest absolute Gasteiger partial charge is 0.327 e. The first-order chi connectivity index (χ1) is 8.20. The Bertz CT molecular complexity index is 536. The molecule has 0 spiro atoms. The Kier molecular flexibility index (Phi) is 3.28. The van der Waals surface area contributed by atoms with Crippen LogP contribution in [-0.4, -0.2) is 19.1 Å². The highest BCUT2D eigenvalue weighted by Crippen LogP contribution is 2.19. The quantitative estimate of drug-likeness (QED) is 0.822. The van der Waals surface area contributed by atoms with Crippen molar-refractivity contribution < 1.29 is 9.53 Å². The van der Waals surface area contributed by atoms with Crippen molar-refractivity contribution in [1.29, 1.82) is 0 Å². The largest absolute Gasteiger partial charge is 0.467 e. The first-order valence-corrected chi connectivity index (χ1v) is 5.54. The van der Waals surface area contributed by atoms with E-state index in [-0.39, 0.29) is 12.0 Å². The van der Waals surface area contributed by atoms with Gasteiger partial charge in [-0.15, -0.1) is 0 Å². The summed E-state index contributed by atoms with van der Waals surface area (Å²) in [5, 5.41) is 5.44. The zero-order valence-corrected chi connectivity index (χ0v) is 9.94. The van der Waals surface area contributed by atoms with Crippen molar-refractivity contribution in [2.24, 2.45) is 0 Å². The molecule has 0 fully saturated rings. The molecule has 3 nitrogen and oxygen atoms in total. The summed E-state index contributed by atoms with van der Waals surface area (Å²) < 4.78 is 4.67. The van der Waals surface area contributed by atoms with Gasteiger partial charge in [0.1, 0.15) is 6.04 Å². The van der Waals surface area contributed by atoms with Crippen LogP contribution in [0.15, 0.2) is 42.5 Å². The fourth-order valence-corrected chi connectivity index (χ4v) is 1.76. The third-order valence-corrected chi connectivity index (χ3v) is 2.69. The van der Waals surface area contributed by atoms with Crippen molar-refractivity contribution in [2.75, 3.05) is 12.4 Å². The number of rotatable bonds is 3. The van der Waals surface area contributed by atoms with Crippen molar-refractivity contribution >= 4 is 22.4 Å². The van der Waals surface area contributed by atoms with Crippen molar-refractivity contribution in [3.8, 4) is 0 Å². The van der Waals surface area contributed by atoms with E-state index in [0.29, 0.717) is 0 Å². The Labute approximate surface area is 100 Å². The van der Waals surface area contributed by atoms with Crippen molar-refractivity contribution in [1.82, 2.24) is 0 Å². The summed E-state index contributed by atoms with van der Waals surface area (Å²) in [6.07, 6.45) is 0. The zero-order chi connectivity index (χ0) is 12.3. The molecular weight excluding hydrogens is 214 g/mol. The molecule has 1 N–H and O–H groups in total. The molecule has 0 bridgehead atoms. The summed E-state index contributed by atoms with van der Waals surface area (Å²) in [7, 11) is 1.39. The maximum Gasteiger partial charge on any atom is 0.327 e. The summed E-state index contributed by atoms with van der Waals surface area (Å²) in [4.78, 5) is 11.3. The maximum atomic E-state index is 11.3. The first kappa shape index (κ1) is 11.5. The molecule has 0 aromatic heterocycles. The van der Waals surface area contributed by atoms with Crippen molar-refractivity contribution in [3.63, 3.8) is 0 Å². The number of nitrogens with one attached hydrogen (secondary N) is 1. The number of carbonyl (C=O) groups excluding carboxylic acids is 1. The third kappa shape index (κ3) is 2.56. The second-order valence-electron chi connectivity index (χ2n) is 3.95. The molecule has 0 amide bonds. The van der Waals surface area contributed by atoms with Gasteiger partial charge in [-0.2, -0.15) is 0 Å². The number of ether oxygens (including phenoxy) is 1.